The number of likely N-dealkylation sites (N-methyl/N-ethyl adjacent to an activating group) is 1. The molecule has 2 rings (SSSR count). The molecule has 5 heteroatoms. The van der Waals surface area contributed by atoms with E-state index < -0.39 is 0 Å². The molecule has 0 aliphatic carbocycles. The number of carbonyl (C=O) groups is 1. The summed E-state index contributed by atoms with van der Waals surface area (Å²) < 4.78 is 11.3. The van der Waals surface area contributed by atoms with E-state index in [4.69, 9.17) is 9.47 Å². The van der Waals surface area contributed by atoms with E-state index in [1.165, 1.54) is 0 Å². The Morgan fingerprint density at radius 3 is 3.00 bits per heavy atom. The lowest BCUT2D eigenvalue weighted by atomic mass is 9.90. The molecule has 0 bridgehead atoms. The minimum Gasteiger partial charge on any atom is -0.378 e. The summed E-state index contributed by atoms with van der Waals surface area (Å²) in [7, 11) is 1.83. The Bertz CT molecular complexity index is 290. The summed E-state index contributed by atoms with van der Waals surface area (Å²) in [5, 5.41) is 3.36. The van der Waals surface area contributed by atoms with Crippen LogP contribution in [0.15, 0.2) is 0 Å². The number of hydrogen-bond acceptors (Lipinski definition) is 4. The van der Waals surface area contributed by atoms with Crippen molar-refractivity contribution in [3.63, 3.8) is 0 Å². The van der Waals surface area contributed by atoms with Gasteiger partial charge in [0.1, 0.15) is 0 Å². The highest BCUT2D eigenvalue weighted by Crippen LogP contribution is 2.32. The predicted octanol–water partition coefficient (Wildman–Crippen LogP) is 0.392. The Labute approximate surface area is 109 Å². The van der Waals surface area contributed by atoms with Gasteiger partial charge in [-0.3, -0.25) is 4.79 Å². The Hall–Kier alpha value is -0.650. The molecule has 1 N–H and O–H groups in total. The molecule has 2 aliphatic rings. The zero-order valence-corrected chi connectivity index (χ0v) is 11.4. The van der Waals surface area contributed by atoms with Gasteiger partial charge in [-0.15, -0.1) is 0 Å². The van der Waals surface area contributed by atoms with E-state index in [-0.39, 0.29) is 11.5 Å². The molecule has 2 aliphatic heterocycles. The van der Waals surface area contributed by atoms with Crippen LogP contribution in [-0.2, 0) is 14.3 Å². The van der Waals surface area contributed by atoms with Crippen LogP contribution in [0, 0.1) is 0 Å². The quantitative estimate of drug-likeness (QED) is 0.790. The first-order valence-corrected chi connectivity index (χ1v) is 6.84. The van der Waals surface area contributed by atoms with Crippen LogP contribution in [0.3, 0.4) is 0 Å². The molecule has 0 saturated carbocycles. The fourth-order valence-electron chi connectivity index (χ4n) is 2.61. The van der Waals surface area contributed by atoms with Crippen molar-refractivity contribution in [1.82, 2.24) is 10.2 Å². The molecule has 2 atom stereocenters. The molecule has 2 unspecified atom stereocenters. The summed E-state index contributed by atoms with van der Waals surface area (Å²) in [4.78, 5) is 13.5. The molecule has 104 valence electrons. The Balaban J connectivity index is 1.77. The second-order valence-corrected chi connectivity index (χ2v) is 5.31. The van der Waals surface area contributed by atoms with Crippen LogP contribution in [-0.4, -0.2) is 62.4 Å². The van der Waals surface area contributed by atoms with Crippen LogP contribution < -0.4 is 5.32 Å². The van der Waals surface area contributed by atoms with Crippen molar-refractivity contribution in [1.29, 1.82) is 0 Å². The summed E-state index contributed by atoms with van der Waals surface area (Å²) >= 11 is 0. The lowest BCUT2D eigenvalue weighted by Gasteiger charge is -2.37. The topological polar surface area (TPSA) is 50.8 Å². The number of rotatable bonds is 4. The van der Waals surface area contributed by atoms with Gasteiger partial charge in [0.25, 0.3) is 0 Å². The van der Waals surface area contributed by atoms with Crippen LogP contribution in [0.25, 0.3) is 0 Å². The maximum atomic E-state index is 11.7. The third-order valence-corrected chi connectivity index (χ3v) is 4.00. The van der Waals surface area contributed by atoms with E-state index in [0.29, 0.717) is 19.2 Å². The normalized spacial score (nSPS) is 31.8. The summed E-state index contributed by atoms with van der Waals surface area (Å²) in [6.45, 7) is 5.42. The van der Waals surface area contributed by atoms with Gasteiger partial charge in [0.2, 0.25) is 5.91 Å². The van der Waals surface area contributed by atoms with Crippen molar-refractivity contribution in [2.45, 2.75) is 37.8 Å². The first-order valence-electron chi connectivity index (χ1n) is 6.84. The lowest BCUT2D eigenvalue weighted by molar-refractivity contribution is -0.129. The van der Waals surface area contributed by atoms with Crippen LogP contribution in [0.2, 0.25) is 0 Å². The average molecular weight is 256 g/mol. The highest BCUT2D eigenvalue weighted by molar-refractivity contribution is 5.77. The monoisotopic (exact) mass is 256 g/mol. The SMILES string of the molecule is CCN(C)C(=O)CNC1CCOC2(CCOC2)C1. The van der Waals surface area contributed by atoms with Crippen molar-refractivity contribution in [2.75, 3.05) is 40.0 Å². The van der Waals surface area contributed by atoms with Crippen molar-refractivity contribution in [3.8, 4) is 0 Å². The molecule has 0 radical (unpaired) electrons. The third-order valence-electron chi connectivity index (χ3n) is 4.00. The van der Waals surface area contributed by atoms with Crippen molar-refractivity contribution in [3.05, 3.63) is 0 Å². The van der Waals surface area contributed by atoms with Gasteiger partial charge in [-0.05, 0) is 19.8 Å². The molecule has 18 heavy (non-hydrogen) atoms. The van der Waals surface area contributed by atoms with E-state index in [0.717, 1.165) is 39.0 Å². The first-order chi connectivity index (χ1) is 8.65. The second-order valence-electron chi connectivity index (χ2n) is 5.31. The molecule has 2 fully saturated rings. The molecular weight excluding hydrogens is 232 g/mol. The highest BCUT2D eigenvalue weighted by Gasteiger charge is 2.40. The largest absolute Gasteiger partial charge is 0.378 e. The highest BCUT2D eigenvalue weighted by atomic mass is 16.6. The molecule has 1 spiro atoms. The summed E-state index contributed by atoms with van der Waals surface area (Å²) in [6, 6.07) is 0.370. The van der Waals surface area contributed by atoms with Crippen LogP contribution in [0.1, 0.15) is 26.2 Å². The van der Waals surface area contributed by atoms with Crippen molar-refractivity contribution >= 4 is 5.91 Å². The van der Waals surface area contributed by atoms with Gasteiger partial charge < -0.3 is 19.7 Å². The first kappa shape index (κ1) is 13.8. The molecule has 0 aromatic heterocycles. The van der Waals surface area contributed by atoms with Gasteiger partial charge in [-0.2, -0.15) is 0 Å². The van der Waals surface area contributed by atoms with Gasteiger partial charge in [-0.1, -0.05) is 0 Å². The number of hydrogen-bond donors (Lipinski definition) is 1. The van der Waals surface area contributed by atoms with Gasteiger partial charge in [-0.25, -0.2) is 0 Å². The van der Waals surface area contributed by atoms with Crippen LogP contribution >= 0.6 is 0 Å². The van der Waals surface area contributed by atoms with Gasteiger partial charge >= 0.3 is 0 Å². The number of amides is 1. The molecular formula is C13H24N2O3. The minimum absolute atomic E-state index is 0.0877. The lowest BCUT2D eigenvalue weighted by Crippen LogP contribution is -2.49. The Kier molecular flexibility index (Phi) is 4.59. The van der Waals surface area contributed by atoms with Gasteiger partial charge in [0, 0.05) is 39.3 Å². The van der Waals surface area contributed by atoms with E-state index in [1.807, 2.05) is 14.0 Å². The summed E-state index contributed by atoms with van der Waals surface area (Å²) in [6.07, 6.45) is 2.91. The third kappa shape index (κ3) is 3.22. The van der Waals surface area contributed by atoms with Crippen molar-refractivity contribution < 1.29 is 14.3 Å². The number of nitrogens with zero attached hydrogens (tertiary/aromatic N) is 1. The fourth-order valence-corrected chi connectivity index (χ4v) is 2.61. The maximum absolute atomic E-state index is 11.7. The number of ether oxygens (including phenoxy) is 2. The van der Waals surface area contributed by atoms with E-state index in [9.17, 15) is 4.79 Å². The standard InChI is InChI=1S/C13H24N2O3/c1-3-15(2)12(16)9-14-11-4-6-18-13(8-11)5-7-17-10-13/h11,14H,3-10H2,1-2H3. The Morgan fingerprint density at radius 2 is 2.33 bits per heavy atom. The van der Waals surface area contributed by atoms with Crippen LogP contribution in [0.5, 0.6) is 0 Å². The van der Waals surface area contributed by atoms with Crippen molar-refractivity contribution in [2.24, 2.45) is 0 Å². The maximum Gasteiger partial charge on any atom is 0.236 e. The average Bonchev–Trinajstić information content (AvgIpc) is 2.83. The van der Waals surface area contributed by atoms with E-state index in [2.05, 4.69) is 5.32 Å². The minimum atomic E-state index is -0.0877. The zero-order valence-electron chi connectivity index (χ0n) is 11.4. The molecule has 0 aromatic rings. The fraction of sp³-hybridized carbons (Fsp3) is 0.923. The van der Waals surface area contributed by atoms with Gasteiger partial charge in [0.05, 0.1) is 18.8 Å². The predicted molar refractivity (Wildman–Crippen MR) is 68.5 cm³/mol. The molecule has 1 amide bonds. The smallest absolute Gasteiger partial charge is 0.236 e. The molecule has 2 heterocycles. The van der Waals surface area contributed by atoms with Crippen LogP contribution in [0.4, 0.5) is 0 Å². The van der Waals surface area contributed by atoms with Gasteiger partial charge in [0.15, 0.2) is 0 Å². The molecule has 5 nitrogen and oxygen atoms in total. The molecule has 0 aromatic carbocycles. The van der Waals surface area contributed by atoms with E-state index in [1.54, 1.807) is 4.90 Å². The van der Waals surface area contributed by atoms with E-state index >= 15 is 0 Å². The summed E-state index contributed by atoms with van der Waals surface area (Å²) in [5.74, 6) is 0.153. The molecule has 2 saturated heterocycles. The zero-order chi connectivity index (χ0) is 13.0. The summed E-state index contributed by atoms with van der Waals surface area (Å²) in [5.41, 5.74) is -0.0877. The number of carbonyl (C=O) groups excluding carboxylic acids is 1. The number of nitrogens with one attached hydrogen (secondary N) is 1. The second kappa shape index (κ2) is 5.99. The Morgan fingerprint density at radius 1 is 1.50 bits per heavy atom.